The van der Waals surface area contributed by atoms with Crippen molar-refractivity contribution in [2.24, 2.45) is 5.92 Å². The summed E-state index contributed by atoms with van der Waals surface area (Å²) >= 11 is 1.33. The summed E-state index contributed by atoms with van der Waals surface area (Å²) in [6.45, 7) is 4.77. The lowest BCUT2D eigenvalue weighted by molar-refractivity contribution is 0.147. The van der Waals surface area contributed by atoms with Crippen molar-refractivity contribution in [3.63, 3.8) is 0 Å². The fourth-order valence-corrected chi connectivity index (χ4v) is 1.97. The van der Waals surface area contributed by atoms with Crippen LogP contribution in [0, 0.1) is 5.92 Å². The average Bonchev–Trinajstić information content (AvgIpc) is 2.28. The zero-order valence-corrected chi connectivity index (χ0v) is 11.2. The summed E-state index contributed by atoms with van der Waals surface area (Å²) in [7, 11) is 0. The lowest BCUT2D eigenvalue weighted by Gasteiger charge is -2.11. The van der Waals surface area contributed by atoms with E-state index in [-0.39, 0.29) is 5.56 Å². The van der Waals surface area contributed by atoms with Crippen molar-refractivity contribution >= 4 is 11.8 Å². The Balaban J connectivity index is 2.71. The summed E-state index contributed by atoms with van der Waals surface area (Å²) in [4.78, 5) is 0.608. The molecule has 0 amide bonds. The monoisotopic (exact) mass is 260 g/mol. The third-order valence-electron chi connectivity index (χ3n) is 2.40. The van der Waals surface area contributed by atoms with Crippen LogP contribution in [0.2, 0.25) is 0 Å². The molecule has 0 bridgehead atoms. The first kappa shape index (κ1) is 14.3. The molecular formula is C13H18F2OS. The van der Waals surface area contributed by atoms with Gasteiger partial charge in [-0.2, -0.15) is 0 Å². The van der Waals surface area contributed by atoms with Gasteiger partial charge in [0.2, 0.25) is 0 Å². The maximum Gasteiger partial charge on any atom is 0.265 e. The molecule has 0 spiro atoms. The highest BCUT2D eigenvalue weighted by molar-refractivity contribution is 7.98. The molecule has 17 heavy (non-hydrogen) atoms. The van der Waals surface area contributed by atoms with Gasteiger partial charge in [-0.1, -0.05) is 13.8 Å². The Hall–Kier alpha value is -0.770. The summed E-state index contributed by atoms with van der Waals surface area (Å²) in [6.07, 6.45) is 0.264. The van der Waals surface area contributed by atoms with E-state index >= 15 is 0 Å². The molecule has 0 radical (unpaired) electrons. The van der Waals surface area contributed by atoms with Crippen molar-refractivity contribution in [3.05, 3.63) is 23.8 Å². The van der Waals surface area contributed by atoms with Crippen LogP contribution in [0.4, 0.5) is 8.78 Å². The standard InChI is InChI=1S/C13H18F2OS/c1-9(2)6-7-16-10-4-5-12(17-3)11(8-10)13(14)15/h4-5,8-9,13H,6-7H2,1-3H3. The maximum absolute atomic E-state index is 12.8. The zero-order chi connectivity index (χ0) is 12.8. The van der Waals surface area contributed by atoms with Gasteiger partial charge in [-0.15, -0.1) is 11.8 Å². The summed E-state index contributed by atoms with van der Waals surface area (Å²) in [6, 6.07) is 4.88. The third kappa shape index (κ3) is 4.54. The highest BCUT2D eigenvalue weighted by Crippen LogP contribution is 2.32. The van der Waals surface area contributed by atoms with E-state index < -0.39 is 6.43 Å². The van der Waals surface area contributed by atoms with Crippen LogP contribution in [0.15, 0.2) is 23.1 Å². The fourth-order valence-electron chi connectivity index (χ4n) is 1.39. The Morgan fingerprint density at radius 3 is 2.53 bits per heavy atom. The normalized spacial score (nSPS) is 11.2. The first-order chi connectivity index (χ1) is 8.04. The topological polar surface area (TPSA) is 9.23 Å². The smallest absolute Gasteiger partial charge is 0.265 e. The second-order valence-corrected chi connectivity index (χ2v) is 5.08. The van der Waals surface area contributed by atoms with Gasteiger partial charge in [0.15, 0.2) is 0 Å². The molecule has 0 fully saturated rings. The van der Waals surface area contributed by atoms with Gasteiger partial charge in [0, 0.05) is 10.5 Å². The molecule has 0 unspecified atom stereocenters. The number of halogens is 2. The van der Waals surface area contributed by atoms with E-state index in [2.05, 4.69) is 13.8 Å². The lowest BCUT2D eigenvalue weighted by Crippen LogP contribution is -2.02. The van der Waals surface area contributed by atoms with Crippen LogP contribution in [0.1, 0.15) is 32.3 Å². The molecule has 1 aromatic carbocycles. The van der Waals surface area contributed by atoms with E-state index in [0.717, 1.165) is 6.42 Å². The minimum Gasteiger partial charge on any atom is -0.494 e. The van der Waals surface area contributed by atoms with Gasteiger partial charge in [-0.3, -0.25) is 0 Å². The van der Waals surface area contributed by atoms with Gasteiger partial charge in [0.25, 0.3) is 6.43 Å². The Morgan fingerprint density at radius 1 is 1.29 bits per heavy atom. The molecule has 4 heteroatoms. The van der Waals surface area contributed by atoms with Crippen molar-refractivity contribution in [1.82, 2.24) is 0 Å². The second-order valence-electron chi connectivity index (χ2n) is 4.24. The molecule has 0 saturated carbocycles. The van der Waals surface area contributed by atoms with Gasteiger partial charge < -0.3 is 4.74 Å². The molecule has 1 rings (SSSR count). The van der Waals surface area contributed by atoms with Crippen LogP contribution in [-0.2, 0) is 0 Å². The quantitative estimate of drug-likeness (QED) is 0.681. The Morgan fingerprint density at radius 2 is 2.00 bits per heavy atom. The van der Waals surface area contributed by atoms with E-state index in [1.54, 1.807) is 18.4 Å². The van der Waals surface area contributed by atoms with Crippen molar-refractivity contribution < 1.29 is 13.5 Å². The largest absolute Gasteiger partial charge is 0.494 e. The molecule has 0 aliphatic carbocycles. The first-order valence-corrected chi connectivity index (χ1v) is 6.86. The van der Waals surface area contributed by atoms with E-state index in [0.29, 0.717) is 23.2 Å². The lowest BCUT2D eigenvalue weighted by atomic mass is 10.1. The van der Waals surface area contributed by atoms with Crippen LogP contribution in [-0.4, -0.2) is 12.9 Å². The van der Waals surface area contributed by atoms with Crippen LogP contribution < -0.4 is 4.74 Å². The second kappa shape index (κ2) is 6.84. The van der Waals surface area contributed by atoms with E-state index in [1.165, 1.54) is 17.8 Å². The molecular weight excluding hydrogens is 242 g/mol. The summed E-state index contributed by atoms with van der Waals surface area (Å²) < 4.78 is 31.0. The summed E-state index contributed by atoms with van der Waals surface area (Å²) in [5.41, 5.74) is 0.0551. The number of rotatable bonds is 6. The van der Waals surface area contributed by atoms with Gasteiger partial charge in [0.1, 0.15) is 5.75 Å². The number of thioether (sulfide) groups is 1. The predicted molar refractivity (Wildman–Crippen MR) is 68.1 cm³/mol. The van der Waals surface area contributed by atoms with Crippen molar-refractivity contribution in [1.29, 1.82) is 0 Å². The predicted octanol–water partition coefficient (Wildman–Crippen LogP) is 4.77. The molecule has 0 N–H and O–H groups in total. The molecule has 1 aromatic rings. The molecule has 0 heterocycles. The molecule has 0 saturated heterocycles. The minimum atomic E-state index is -2.45. The number of ether oxygens (including phenoxy) is 1. The van der Waals surface area contributed by atoms with Crippen LogP contribution in [0.25, 0.3) is 0 Å². The van der Waals surface area contributed by atoms with Crippen molar-refractivity contribution in [3.8, 4) is 5.75 Å². The molecule has 0 aromatic heterocycles. The SMILES string of the molecule is CSc1ccc(OCCC(C)C)cc1C(F)F. The third-order valence-corrected chi connectivity index (χ3v) is 3.21. The molecule has 1 nitrogen and oxygen atoms in total. The number of hydrogen-bond acceptors (Lipinski definition) is 2. The van der Waals surface area contributed by atoms with Gasteiger partial charge in [-0.25, -0.2) is 8.78 Å². The van der Waals surface area contributed by atoms with E-state index in [4.69, 9.17) is 4.74 Å². The fraction of sp³-hybridized carbons (Fsp3) is 0.538. The number of alkyl halides is 2. The summed E-state index contributed by atoms with van der Waals surface area (Å²) in [5.74, 6) is 1.08. The van der Waals surface area contributed by atoms with Crippen LogP contribution in [0.3, 0.4) is 0 Å². The Bertz CT molecular complexity index is 353. The van der Waals surface area contributed by atoms with Gasteiger partial charge in [-0.05, 0) is 36.8 Å². The Labute approximate surface area is 106 Å². The molecule has 0 aliphatic rings. The maximum atomic E-state index is 12.8. The molecule has 0 aliphatic heterocycles. The van der Waals surface area contributed by atoms with E-state index in [9.17, 15) is 8.78 Å². The Kier molecular flexibility index (Phi) is 5.75. The highest BCUT2D eigenvalue weighted by atomic mass is 32.2. The zero-order valence-electron chi connectivity index (χ0n) is 10.4. The first-order valence-electron chi connectivity index (χ1n) is 5.63. The van der Waals surface area contributed by atoms with Gasteiger partial charge in [0.05, 0.1) is 6.61 Å². The van der Waals surface area contributed by atoms with E-state index in [1.807, 2.05) is 0 Å². The van der Waals surface area contributed by atoms with Crippen molar-refractivity contribution in [2.45, 2.75) is 31.6 Å². The van der Waals surface area contributed by atoms with Crippen LogP contribution >= 0.6 is 11.8 Å². The highest BCUT2D eigenvalue weighted by Gasteiger charge is 2.13. The minimum absolute atomic E-state index is 0.0551. The summed E-state index contributed by atoms with van der Waals surface area (Å²) in [5, 5.41) is 0. The van der Waals surface area contributed by atoms with Crippen molar-refractivity contribution in [2.75, 3.05) is 12.9 Å². The molecule has 96 valence electrons. The number of benzene rings is 1. The number of hydrogen-bond donors (Lipinski definition) is 0. The average molecular weight is 260 g/mol. The molecule has 0 atom stereocenters. The van der Waals surface area contributed by atoms with Gasteiger partial charge >= 0.3 is 0 Å². The van der Waals surface area contributed by atoms with Crippen LogP contribution in [0.5, 0.6) is 5.75 Å².